The van der Waals surface area contributed by atoms with Crippen LogP contribution in [0.5, 0.6) is 0 Å². The molecule has 28 heavy (non-hydrogen) atoms. The summed E-state index contributed by atoms with van der Waals surface area (Å²) in [6, 6.07) is 14.2. The molecule has 0 aromatic heterocycles. The van der Waals surface area contributed by atoms with Gasteiger partial charge in [-0.05, 0) is 67.1 Å². The van der Waals surface area contributed by atoms with Gasteiger partial charge in [0.2, 0.25) is 0 Å². The average Bonchev–Trinajstić information content (AvgIpc) is 3.16. The zero-order chi connectivity index (χ0) is 20.0. The fraction of sp³-hybridized carbons (Fsp3) is 0.364. The molecule has 1 heterocycles. The second-order valence-electron chi connectivity index (χ2n) is 7.20. The van der Waals surface area contributed by atoms with Gasteiger partial charge in [-0.3, -0.25) is 14.0 Å². The van der Waals surface area contributed by atoms with E-state index in [4.69, 9.17) is 0 Å². The van der Waals surface area contributed by atoms with E-state index in [1.165, 1.54) is 5.56 Å². The standard InChI is InChI=1S/C22H27FN2O2S/c1-2-15-25-16-13-20(17-25)19-7-9-21(10-8-19)24-28(26,27)22-11-5-18(6-12-22)4-3-14-23/h2,5-12,20,24H,1,3-4,13-17H2/t20-/m1/s1. The summed E-state index contributed by atoms with van der Waals surface area (Å²) >= 11 is 0. The third-order valence-electron chi connectivity index (χ3n) is 5.13. The van der Waals surface area contributed by atoms with Gasteiger partial charge in [-0.25, -0.2) is 8.42 Å². The van der Waals surface area contributed by atoms with Crippen molar-refractivity contribution >= 4 is 15.7 Å². The van der Waals surface area contributed by atoms with E-state index >= 15 is 0 Å². The topological polar surface area (TPSA) is 49.4 Å². The van der Waals surface area contributed by atoms with Crippen LogP contribution in [-0.2, 0) is 16.4 Å². The average molecular weight is 403 g/mol. The molecule has 0 radical (unpaired) electrons. The molecule has 0 aliphatic carbocycles. The lowest BCUT2D eigenvalue weighted by Crippen LogP contribution is -2.19. The number of hydrogen-bond donors (Lipinski definition) is 1. The molecule has 1 aliphatic rings. The van der Waals surface area contributed by atoms with Crippen LogP contribution in [-0.4, -0.2) is 39.6 Å². The van der Waals surface area contributed by atoms with Gasteiger partial charge in [-0.2, -0.15) is 0 Å². The Morgan fingerprint density at radius 3 is 2.50 bits per heavy atom. The zero-order valence-corrected chi connectivity index (χ0v) is 16.8. The molecule has 0 spiro atoms. The molecule has 2 aromatic rings. The summed E-state index contributed by atoms with van der Waals surface area (Å²) in [7, 11) is -3.64. The SMILES string of the molecule is C=CCN1CC[C@@H](c2ccc(NS(=O)(=O)c3ccc(CCCF)cc3)cc2)C1. The van der Waals surface area contributed by atoms with Gasteiger partial charge in [-0.15, -0.1) is 6.58 Å². The molecule has 0 amide bonds. The van der Waals surface area contributed by atoms with E-state index in [9.17, 15) is 12.8 Å². The predicted molar refractivity (Wildman–Crippen MR) is 112 cm³/mol. The summed E-state index contributed by atoms with van der Waals surface area (Å²) in [5, 5.41) is 0. The third-order valence-corrected chi connectivity index (χ3v) is 6.52. The lowest BCUT2D eigenvalue weighted by molar-refractivity contribution is 0.372. The van der Waals surface area contributed by atoms with E-state index in [0.717, 1.165) is 31.6 Å². The van der Waals surface area contributed by atoms with Gasteiger partial charge in [0, 0.05) is 18.8 Å². The van der Waals surface area contributed by atoms with Crippen molar-refractivity contribution in [3.05, 3.63) is 72.3 Å². The first-order chi connectivity index (χ1) is 13.5. The lowest BCUT2D eigenvalue weighted by atomic mass is 9.98. The molecule has 4 nitrogen and oxygen atoms in total. The van der Waals surface area contributed by atoms with Crippen molar-refractivity contribution in [3.63, 3.8) is 0 Å². The largest absolute Gasteiger partial charge is 0.299 e. The highest BCUT2D eigenvalue weighted by Gasteiger charge is 2.23. The summed E-state index contributed by atoms with van der Waals surface area (Å²) in [6.07, 6.45) is 4.08. The molecule has 0 bridgehead atoms. The highest BCUT2D eigenvalue weighted by atomic mass is 32.2. The van der Waals surface area contributed by atoms with E-state index in [2.05, 4.69) is 16.2 Å². The first kappa shape index (κ1) is 20.6. The summed E-state index contributed by atoms with van der Waals surface area (Å²) < 4.78 is 40.1. The second kappa shape index (κ2) is 9.34. The van der Waals surface area contributed by atoms with E-state index in [-0.39, 0.29) is 11.6 Å². The molecule has 0 saturated carbocycles. The molecule has 1 atom stereocenters. The molecule has 150 valence electrons. The Morgan fingerprint density at radius 1 is 1.14 bits per heavy atom. The molecule has 1 saturated heterocycles. The Bertz CT molecular complexity index is 880. The summed E-state index contributed by atoms with van der Waals surface area (Å²) in [5.74, 6) is 0.475. The monoisotopic (exact) mass is 402 g/mol. The van der Waals surface area contributed by atoms with Crippen LogP contribution in [0.2, 0.25) is 0 Å². The van der Waals surface area contributed by atoms with E-state index in [0.29, 0.717) is 24.4 Å². The summed E-state index contributed by atoms with van der Waals surface area (Å²) in [4.78, 5) is 2.57. The maximum Gasteiger partial charge on any atom is 0.261 e. The zero-order valence-electron chi connectivity index (χ0n) is 16.0. The normalized spacial score (nSPS) is 17.5. The van der Waals surface area contributed by atoms with E-state index in [1.54, 1.807) is 24.3 Å². The van der Waals surface area contributed by atoms with Crippen molar-refractivity contribution in [1.82, 2.24) is 4.90 Å². The predicted octanol–water partition coefficient (Wildman–Crippen LogP) is 4.36. The van der Waals surface area contributed by atoms with Gasteiger partial charge in [0.15, 0.2) is 0 Å². The molecule has 1 aliphatic heterocycles. The summed E-state index contributed by atoms with van der Waals surface area (Å²) in [5.41, 5.74) is 2.71. The molecule has 1 N–H and O–H groups in total. The maximum absolute atomic E-state index is 12.6. The fourth-order valence-corrected chi connectivity index (χ4v) is 4.66. The minimum absolute atomic E-state index is 0.205. The number of rotatable bonds is 9. The highest BCUT2D eigenvalue weighted by molar-refractivity contribution is 7.92. The van der Waals surface area contributed by atoms with Crippen LogP contribution in [0.15, 0.2) is 66.1 Å². The van der Waals surface area contributed by atoms with Crippen LogP contribution in [0, 0.1) is 0 Å². The van der Waals surface area contributed by atoms with Crippen LogP contribution < -0.4 is 4.72 Å². The number of halogens is 1. The Morgan fingerprint density at radius 2 is 1.86 bits per heavy atom. The minimum Gasteiger partial charge on any atom is -0.299 e. The molecule has 6 heteroatoms. The van der Waals surface area contributed by atoms with Gasteiger partial charge in [0.1, 0.15) is 0 Å². The van der Waals surface area contributed by atoms with Gasteiger partial charge in [-0.1, -0.05) is 30.3 Å². The number of hydrogen-bond acceptors (Lipinski definition) is 3. The van der Waals surface area contributed by atoms with Gasteiger partial charge < -0.3 is 0 Å². The number of aryl methyl sites for hydroxylation is 1. The Hall–Kier alpha value is -2.18. The lowest BCUT2D eigenvalue weighted by Gasteiger charge is -2.14. The van der Waals surface area contributed by atoms with Gasteiger partial charge in [0.25, 0.3) is 10.0 Å². The van der Waals surface area contributed by atoms with Crippen LogP contribution >= 0.6 is 0 Å². The van der Waals surface area contributed by atoms with Crippen molar-refractivity contribution < 1.29 is 12.8 Å². The maximum atomic E-state index is 12.6. The van der Waals surface area contributed by atoms with Crippen molar-refractivity contribution in [2.75, 3.05) is 31.0 Å². The van der Waals surface area contributed by atoms with Crippen molar-refractivity contribution in [2.45, 2.75) is 30.1 Å². The van der Waals surface area contributed by atoms with Crippen LogP contribution in [0.1, 0.15) is 29.9 Å². The first-order valence-electron chi connectivity index (χ1n) is 9.63. The van der Waals surface area contributed by atoms with E-state index < -0.39 is 10.0 Å². The number of likely N-dealkylation sites (tertiary alicyclic amines) is 1. The molecule has 3 rings (SSSR count). The van der Waals surface area contributed by atoms with E-state index in [1.807, 2.05) is 30.3 Å². The van der Waals surface area contributed by atoms with Gasteiger partial charge >= 0.3 is 0 Å². The van der Waals surface area contributed by atoms with Crippen LogP contribution in [0.4, 0.5) is 10.1 Å². The third kappa shape index (κ3) is 5.20. The number of nitrogens with one attached hydrogen (secondary N) is 1. The second-order valence-corrected chi connectivity index (χ2v) is 8.88. The fourth-order valence-electron chi connectivity index (χ4n) is 3.60. The summed E-state index contributed by atoms with van der Waals surface area (Å²) in [6.45, 7) is 6.39. The van der Waals surface area contributed by atoms with Crippen molar-refractivity contribution in [3.8, 4) is 0 Å². The number of alkyl halides is 1. The van der Waals surface area contributed by atoms with Crippen LogP contribution in [0.25, 0.3) is 0 Å². The number of sulfonamides is 1. The molecular formula is C22H27FN2O2S. The quantitative estimate of drug-likeness (QED) is 0.634. The van der Waals surface area contributed by atoms with Crippen LogP contribution in [0.3, 0.4) is 0 Å². The first-order valence-corrected chi connectivity index (χ1v) is 11.1. The Labute approximate surface area is 167 Å². The highest BCUT2D eigenvalue weighted by Crippen LogP contribution is 2.28. The molecule has 2 aromatic carbocycles. The smallest absolute Gasteiger partial charge is 0.261 e. The minimum atomic E-state index is -3.64. The molecule has 1 fully saturated rings. The van der Waals surface area contributed by atoms with Crippen molar-refractivity contribution in [1.29, 1.82) is 0 Å². The Balaban J connectivity index is 1.63. The van der Waals surface area contributed by atoms with Crippen molar-refractivity contribution in [2.24, 2.45) is 0 Å². The Kier molecular flexibility index (Phi) is 6.86. The number of anilines is 1. The molecular weight excluding hydrogens is 375 g/mol. The molecule has 0 unspecified atom stereocenters. The number of nitrogens with zero attached hydrogens (tertiary/aromatic N) is 1. The van der Waals surface area contributed by atoms with Gasteiger partial charge in [0.05, 0.1) is 11.6 Å². The number of benzene rings is 2.